The lowest BCUT2D eigenvalue weighted by Gasteiger charge is -2.45. The van der Waals surface area contributed by atoms with Crippen LogP contribution in [-0.4, -0.2) is 30.7 Å². The number of aromatic nitrogens is 1. The van der Waals surface area contributed by atoms with E-state index < -0.39 is 0 Å². The highest BCUT2D eigenvalue weighted by Gasteiger charge is 2.42. The van der Waals surface area contributed by atoms with Gasteiger partial charge in [0.2, 0.25) is 0 Å². The molecule has 0 unspecified atom stereocenters. The summed E-state index contributed by atoms with van der Waals surface area (Å²) in [4.78, 5) is 6.78. The zero-order chi connectivity index (χ0) is 11.1. The number of hydrogen-bond donors (Lipinski definition) is 1. The average Bonchev–Trinajstić information content (AvgIpc) is 2.63. The van der Waals surface area contributed by atoms with E-state index in [4.69, 9.17) is 0 Å². The molecule has 0 spiro atoms. The highest BCUT2D eigenvalue weighted by molar-refractivity contribution is 9.10. The molecule has 2 aliphatic rings. The maximum absolute atomic E-state index is 4.35. The molecule has 1 aromatic heterocycles. The Morgan fingerprint density at radius 2 is 2.44 bits per heavy atom. The smallest absolute Gasteiger partial charge is 0.113 e. The Morgan fingerprint density at radius 1 is 1.56 bits per heavy atom. The third kappa shape index (κ3) is 1.48. The number of nitrogens with zero attached hydrogens (tertiary/aromatic N) is 2. The first-order valence-corrected chi connectivity index (χ1v) is 6.34. The fourth-order valence-corrected chi connectivity index (χ4v) is 2.95. The fourth-order valence-electron chi connectivity index (χ4n) is 2.57. The van der Waals surface area contributed by atoms with Crippen molar-refractivity contribution in [3.63, 3.8) is 0 Å². The quantitative estimate of drug-likeness (QED) is 0.839. The Kier molecular flexibility index (Phi) is 2.48. The number of fused-ring (bicyclic) bond motifs is 1. The lowest BCUT2D eigenvalue weighted by atomic mass is 9.91. The Bertz CT molecular complexity index is 432. The van der Waals surface area contributed by atoms with Crippen LogP contribution in [0.4, 0.5) is 5.69 Å². The van der Waals surface area contributed by atoms with E-state index in [1.807, 2.05) is 12.3 Å². The summed E-state index contributed by atoms with van der Waals surface area (Å²) in [6.45, 7) is 7.22. The van der Waals surface area contributed by atoms with Crippen LogP contribution in [0.2, 0.25) is 0 Å². The summed E-state index contributed by atoms with van der Waals surface area (Å²) in [7, 11) is 0. The zero-order valence-electron chi connectivity index (χ0n) is 8.99. The Morgan fingerprint density at radius 3 is 3.19 bits per heavy atom. The van der Waals surface area contributed by atoms with Gasteiger partial charge in [0.15, 0.2) is 0 Å². The van der Waals surface area contributed by atoms with Gasteiger partial charge in [-0.2, -0.15) is 0 Å². The van der Waals surface area contributed by atoms with E-state index in [9.17, 15) is 0 Å². The molecule has 16 heavy (non-hydrogen) atoms. The van der Waals surface area contributed by atoms with Gasteiger partial charge in [0.25, 0.3) is 0 Å². The predicted octanol–water partition coefficient (Wildman–Crippen LogP) is 1.90. The number of rotatable bonds is 2. The molecule has 0 bridgehead atoms. The van der Waals surface area contributed by atoms with Gasteiger partial charge in [-0.15, -0.1) is 0 Å². The van der Waals surface area contributed by atoms with E-state index in [1.54, 1.807) is 0 Å². The van der Waals surface area contributed by atoms with Crippen LogP contribution < -0.4 is 10.2 Å². The first-order chi connectivity index (χ1) is 7.79. The van der Waals surface area contributed by atoms with Gasteiger partial charge in [-0.05, 0) is 22.0 Å². The van der Waals surface area contributed by atoms with Crippen molar-refractivity contribution in [2.75, 3.05) is 24.5 Å². The van der Waals surface area contributed by atoms with Crippen LogP contribution in [0.1, 0.15) is 5.56 Å². The molecule has 0 amide bonds. The van der Waals surface area contributed by atoms with E-state index in [2.05, 4.69) is 43.8 Å². The van der Waals surface area contributed by atoms with Gasteiger partial charge in [-0.25, -0.2) is 4.98 Å². The van der Waals surface area contributed by atoms with Crippen LogP contribution in [0.25, 0.3) is 6.08 Å². The van der Waals surface area contributed by atoms with Gasteiger partial charge in [0, 0.05) is 37.2 Å². The van der Waals surface area contributed by atoms with Crippen molar-refractivity contribution in [1.82, 2.24) is 10.3 Å². The van der Waals surface area contributed by atoms with Gasteiger partial charge >= 0.3 is 0 Å². The van der Waals surface area contributed by atoms with Crippen molar-refractivity contribution in [3.8, 4) is 0 Å². The largest absolute Gasteiger partial charge is 0.365 e. The fraction of sp³-hybridized carbons (Fsp3) is 0.417. The summed E-state index contributed by atoms with van der Waals surface area (Å²) in [6, 6.07) is 2.82. The molecule has 0 radical (unpaired) electrons. The number of halogens is 1. The van der Waals surface area contributed by atoms with Crippen molar-refractivity contribution in [1.29, 1.82) is 0 Å². The average molecular weight is 280 g/mol. The zero-order valence-corrected chi connectivity index (χ0v) is 10.6. The van der Waals surface area contributed by atoms with Gasteiger partial charge in [0.1, 0.15) is 4.60 Å². The third-order valence-corrected chi connectivity index (χ3v) is 4.20. The summed E-state index contributed by atoms with van der Waals surface area (Å²) in [5, 5.41) is 3.43. The molecule has 84 valence electrons. The van der Waals surface area contributed by atoms with E-state index in [1.165, 1.54) is 12.2 Å². The molecule has 2 saturated heterocycles. The van der Waals surface area contributed by atoms with Crippen molar-refractivity contribution in [2.24, 2.45) is 5.92 Å². The van der Waals surface area contributed by atoms with Crippen molar-refractivity contribution in [3.05, 3.63) is 29.0 Å². The molecule has 0 aromatic carbocycles. The van der Waals surface area contributed by atoms with Crippen LogP contribution in [0.3, 0.4) is 0 Å². The summed E-state index contributed by atoms with van der Waals surface area (Å²) in [5.41, 5.74) is 2.27. The Balaban J connectivity index is 1.87. The molecule has 1 N–H and O–H groups in total. The highest BCUT2D eigenvalue weighted by Crippen LogP contribution is 2.34. The molecule has 0 aliphatic carbocycles. The predicted molar refractivity (Wildman–Crippen MR) is 69.5 cm³/mol. The number of nitrogens with one attached hydrogen (secondary N) is 1. The molecular formula is C12H14BrN3. The molecule has 2 atom stereocenters. The van der Waals surface area contributed by atoms with E-state index in [0.717, 1.165) is 29.2 Å². The van der Waals surface area contributed by atoms with Crippen LogP contribution in [0.5, 0.6) is 0 Å². The van der Waals surface area contributed by atoms with Crippen molar-refractivity contribution in [2.45, 2.75) is 6.04 Å². The second-order valence-electron chi connectivity index (χ2n) is 4.42. The molecule has 0 saturated carbocycles. The highest BCUT2D eigenvalue weighted by atomic mass is 79.9. The third-order valence-electron chi connectivity index (χ3n) is 3.54. The maximum Gasteiger partial charge on any atom is 0.113 e. The van der Waals surface area contributed by atoms with Crippen LogP contribution >= 0.6 is 15.9 Å². The molecule has 3 rings (SSSR count). The van der Waals surface area contributed by atoms with Gasteiger partial charge in [-0.3, -0.25) is 0 Å². The minimum atomic E-state index is 0.667. The first-order valence-electron chi connectivity index (χ1n) is 5.55. The van der Waals surface area contributed by atoms with E-state index in [-0.39, 0.29) is 0 Å². The molecule has 2 aliphatic heterocycles. The monoisotopic (exact) mass is 279 g/mol. The van der Waals surface area contributed by atoms with Crippen molar-refractivity contribution >= 4 is 27.7 Å². The second-order valence-corrected chi connectivity index (χ2v) is 5.17. The van der Waals surface area contributed by atoms with E-state index in [0.29, 0.717) is 6.04 Å². The van der Waals surface area contributed by atoms with Crippen LogP contribution in [0, 0.1) is 5.92 Å². The number of anilines is 1. The molecule has 3 heterocycles. The normalized spacial score (nSPS) is 27.4. The Hall–Kier alpha value is -0.870. The summed E-state index contributed by atoms with van der Waals surface area (Å²) < 4.78 is 0.868. The number of hydrogen-bond acceptors (Lipinski definition) is 3. The second kappa shape index (κ2) is 3.86. The molecule has 2 fully saturated rings. The first kappa shape index (κ1) is 10.3. The number of pyridine rings is 1. The Labute approximate surface area is 104 Å². The van der Waals surface area contributed by atoms with Crippen LogP contribution in [-0.2, 0) is 0 Å². The van der Waals surface area contributed by atoms with Gasteiger partial charge in [0.05, 0.1) is 11.9 Å². The van der Waals surface area contributed by atoms with Gasteiger partial charge in [-0.1, -0.05) is 12.7 Å². The SMILES string of the molecule is C=Cc1cc(N2C[C@H]3CNC[C@@H]32)cnc1Br. The molecular weight excluding hydrogens is 266 g/mol. The standard InChI is InChI=1S/C12H14BrN3/c1-2-8-3-10(5-15-12(8)13)16-7-9-4-14-6-11(9)16/h2-3,5,9,11,14H,1,4,6-7H2/t9-,11+/m1/s1. The van der Waals surface area contributed by atoms with Crippen LogP contribution in [0.15, 0.2) is 23.4 Å². The molecule has 1 aromatic rings. The lowest BCUT2D eigenvalue weighted by Crippen LogP contribution is -2.55. The minimum absolute atomic E-state index is 0.667. The summed E-state index contributed by atoms with van der Waals surface area (Å²) in [5.74, 6) is 0.829. The van der Waals surface area contributed by atoms with Crippen molar-refractivity contribution < 1.29 is 0 Å². The molecule has 4 heteroatoms. The molecule has 3 nitrogen and oxygen atoms in total. The maximum atomic E-state index is 4.35. The minimum Gasteiger partial charge on any atom is -0.365 e. The van der Waals surface area contributed by atoms with Gasteiger partial charge < -0.3 is 10.2 Å². The summed E-state index contributed by atoms with van der Waals surface area (Å²) >= 11 is 3.42. The van der Waals surface area contributed by atoms with E-state index >= 15 is 0 Å². The topological polar surface area (TPSA) is 28.2 Å². The lowest BCUT2D eigenvalue weighted by molar-refractivity contribution is 0.365. The summed E-state index contributed by atoms with van der Waals surface area (Å²) in [6.07, 6.45) is 3.77.